The van der Waals surface area contributed by atoms with Gasteiger partial charge in [0, 0.05) is 12.1 Å². The van der Waals surface area contributed by atoms with E-state index in [1.165, 1.54) is 13.2 Å². The van der Waals surface area contributed by atoms with Crippen molar-refractivity contribution in [2.24, 2.45) is 0 Å². The van der Waals surface area contributed by atoms with Gasteiger partial charge in [-0.2, -0.15) is 18.3 Å². The number of rotatable bonds is 3. The molecule has 2 aromatic rings. The van der Waals surface area contributed by atoms with Crippen molar-refractivity contribution in [3.05, 3.63) is 36.0 Å². The number of hydrogen-bond donors (Lipinski definition) is 1. The van der Waals surface area contributed by atoms with E-state index in [9.17, 15) is 18.0 Å². The van der Waals surface area contributed by atoms with Gasteiger partial charge in [0.25, 0.3) is 5.91 Å². The van der Waals surface area contributed by atoms with Crippen LogP contribution in [0.15, 0.2) is 30.3 Å². The van der Waals surface area contributed by atoms with Crippen molar-refractivity contribution in [1.29, 1.82) is 0 Å². The van der Waals surface area contributed by atoms with E-state index in [1.54, 1.807) is 24.3 Å². The Kier molecular flexibility index (Phi) is 4.69. The van der Waals surface area contributed by atoms with Crippen molar-refractivity contribution in [3.63, 3.8) is 0 Å². The van der Waals surface area contributed by atoms with Crippen molar-refractivity contribution in [3.8, 4) is 17.0 Å². The number of hydrogen-bond acceptors (Lipinski definition) is 3. The Bertz CT molecular complexity index is 758. The standard InChI is InChI=1S/C17H18F3N3O2/c1-25-14-7-3-2-6-11(14)12-10-13(22-21-12)16(24)23-9-5-4-8-15(23)17(18,19)20/h2-3,6-7,10,15H,4-5,8-9H2,1H3,(H,21,22). The average molecular weight is 353 g/mol. The number of para-hydroxylation sites is 1. The second-order valence-corrected chi connectivity index (χ2v) is 5.92. The molecule has 1 amide bonds. The second-order valence-electron chi connectivity index (χ2n) is 5.92. The zero-order chi connectivity index (χ0) is 18.0. The van der Waals surface area contributed by atoms with Crippen LogP contribution in [0.3, 0.4) is 0 Å². The van der Waals surface area contributed by atoms with Gasteiger partial charge in [-0.25, -0.2) is 0 Å². The van der Waals surface area contributed by atoms with Gasteiger partial charge in [0.15, 0.2) is 0 Å². The topological polar surface area (TPSA) is 58.2 Å². The van der Waals surface area contributed by atoms with Gasteiger partial charge < -0.3 is 9.64 Å². The fourth-order valence-corrected chi connectivity index (χ4v) is 3.10. The van der Waals surface area contributed by atoms with Gasteiger partial charge in [0.2, 0.25) is 0 Å². The lowest BCUT2D eigenvalue weighted by Gasteiger charge is -2.36. The molecule has 1 aromatic carbocycles. The van der Waals surface area contributed by atoms with Crippen LogP contribution in [0.2, 0.25) is 0 Å². The van der Waals surface area contributed by atoms with Crippen molar-refractivity contribution < 1.29 is 22.7 Å². The third-order valence-electron chi connectivity index (χ3n) is 4.33. The highest BCUT2D eigenvalue weighted by Gasteiger charge is 2.46. The largest absolute Gasteiger partial charge is 0.496 e. The maximum atomic E-state index is 13.2. The molecule has 134 valence electrons. The number of carbonyl (C=O) groups excluding carboxylic acids is 1. The number of halogens is 3. The number of ether oxygens (including phenoxy) is 1. The summed E-state index contributed by atoms with van der Waals surface area (Å²) >= 11 is 0. The van der Waals surface area contributed by atoms with Crippen LogP contribution < -0.4 is 4.74 Å². The van der Waals surface area contributed by atoms with E-state index >= 15 is 0 Å². The number of aromatic amines is 1. The van der Waals surface area contributed by atoms with Gasteiger partial charge in [0.05, 0.1) is 12.8 Å². The van der Waals surface area contributed by atoms with Gasteiger partial charge in [-0.15, -0.1) is 0 Å². The highest BCUT2D eigenvalue weighted by molar-refractivity contribution is 5.94. The summed E-state index contributed by atoms with van der Waals surface area (Å²) in [7, 11) is 1.51. The Labute approximate surface area is 142 Å². The van der Waals surface area contributed by atoms with E-state index in [-0.39, 0.29) is 18.7 Å². The zero-order valence-corrected chi connectivity index (χ0v) is 13.6. The lowest BCUT2D eigenvalue weighted by Crippen LogP contribution is -2.51. The minimum atomic E-state index is -4.43. The first kappa shape index (κ1) is 17.3. The molecule has 0 aliphatic carbocycles. The highest BCUT2D eigenvalue weighted by Crippen LogP contribution is 2.33. The first-order valence-corrected chi connectivity index (χ1v) is 7.98. The molecule has 0 bridgehead atoms. The lowest BCUT2D eigenvalue weighted by molar-refractivity contribution is -0.183. The molecule has 1 aliphatic rings. The number of nitrogens with one attached hydrogen (secondary N) is 1. The Morgan fingerprint density at radius 2 is 2.08 bits per heavy atom. The molecule has 1 saturated heterocycles. The number of aromatic nitrogens is 2. The van der Waals surface area contributed by atoms with Gasteiger partial charge in [0.1, 0.15) is 17.5 Å². The van der Waals surface area contributed by atoms with E-state index in [2.05, 4.69) is 10.2 Å². The molecular weight excluding hydrogens is 335 g/mol. The molecule has 1 N–H and O–H groups in total. The second kappa shape index (κ2) is 6.78. The fraction of sp³-hybridized carbons (Fsp3) is 0.412. The number of carbonyl (C=O) groups is 1. The molecule has 0 radical (unpaired) electrons. The molecule has 5 nitrogen and oxygen atoms in total. The molecule has 0 saturated carbocycles. The Morgan fingerprint density at radius 1 is 1.32 bits per heavy atom. The van der Waals surface area contributed by atoms with Gasteiger partial charge in [-0.3, -0.25) is 9.89 Å². The summed E-state index contributed by atoms with van der Waals surface area (Å²) in [5.41, 5.74) is 1.14. The summed E-state index contributed by atoms with van der Waals surface area (Å²) in [6, 6.07) is 6.81. The van der Waals surface area contributed by atoms with E-state index in [1.807, 2.05) is 0 Å². The van der Waals surface area contributed by atoms with Crippen molar-refractivity contribution in [2.75, 3.05) is 13.7 Å². The number of likely N-dealkylation sites (tertiary alicyclic amines) is 1. The SMILES string of the molecule is COc1ccccc1-c1cc(C(=O)N2CCCCC2C(F)(F)F)[nH]n1. The van der Waals surface area contributed by atoms with Gasteiger partial charge >= 0.3 is 6.18 Å². The lowest BCUT2D eigenvalue weighted by atomic mass is 10.0. The Morgan fingerprint density at radius 3 is 2.80 bits per heavy atom. The number of benzene rings is 1. The minimum absolute atomic E-state index is 0.0389. The van der Waals surface area contributed by atoms with Crippen LogP contribution in [0.5, 0.6) is 5.75 Å². The number of amides is 1. The zero-order valence-electron chi connectivity index (χ0n) is 13.6. The van der Waals surface area contributed by atoms with Crippen LogP contribution in [0.1, 0.15) is 29.8 Å². The van der Waals surface area contributed by atoms with Crippen LogP contribution in [0.4, 0.5) is 13.2 Å². The maximum Gasteiger partial charge on any atom is 0.408 e. The summed E-state index contributed by atoms with van der Waals surface area (Å²) in [5.74, 6) is -0.116. The van der Waals surface area contributed by atoms with Crippen molar-refractivity contribution in [2.45, 2.75) is 31.5 Å². The fourth-order valence-electron chi connectivity index (χ4n) is 3.10. The number of alkyl halides is 3. The summed E-state index contributed by atoms with van der Waals surface area (Å²) in [5, 5.41) is 6.62. The maximum absolute atomic E-state index is 13.2. The smallest absolute Gasteiger partial charge is 0.408 e. The summed E-state index contributed by atoms with van der Waals surface area (Å²) < 4.78 is 44.8. The number of H-pyrrole nitrogens is 1. The van der Waals surface area contributed by atoms with Crippen LogP contribution in [-0.4, -0.2) is 46.9 Å². The predicted octanol–water partition coefficient (Wildman–Crippen LogP) is 3.64. The monoisotopic (exact) mass is 353 g/mol. The molecular formula is C17H18F3N3O2. The Hall–Kier alpha value is -2.51. The first-order valence-electron chi connectivity index (χ1n) is 7.98. The number of nitrogens with zero attached hydrogens (tertiary/aromatic N) is 2. The van der Waals surface area contributed by atoms with Gasteiger partial charge in [-0.1, -0.05) is 12.1 Å². The van der Waals surface area contributed by atoms with Crippen molar-refractivity contribution >= 4 is 5.91 Å². The van der Waals surface area contributed by atoms with E-state index in [0.29, 0.717) is 29.8 Å². The summed E-state index contributed by atoms with van der Waals surface area (Å²) in [6.45, 7) is 0.0893. The molecule has 25 heavy (non-hydrogen) atoms. The molecule has 1 atom stereocenters. The van der Waals surface area contributed by atoms with Gasteiger partial charge in [-0.05, 0) is 37.5 Å². The predicted molar refractivity (Wildman–Crippen MR) is 85.3 cm³/mol. The van der Waals surface area contributed by atoms with E-state index in [4.69, 9.17) is 4.74 Å². The van der Waals surface area contributed by atoms with Crippen LogP contribution in [0, 0.1) is 0 Å². The quantitative estimate of drug-likeness (QED) is 0.916. The third-order valence-corrected chi connectivity index (χ3v) is 4.33. The van der Waals surface area contributed by atoms with Crippen LogP contribution in [-0.2, 0) is 0 Å². The Balaban J connectivity index is 1.87. The highest BCUT2D eigenvalue weighted by atomic mass is 19.4. The van der Waals surface area contributed by atoms with Crippen molar-refractivity contribution in [1.82, 2.24) is 15.1 Å². The molecule has 3 rings (SSSR count). The molecule has 1 fully saturated rings. The molecule has 1 aromatic heterocycles. The molecule has 1 aliphatic heterocycles. The molecule has 2 heterocycles. The molecule has 0 spiro atoms. The normalized spacial score (nSPS) is 18.2. The van der Waals surface area contributed by atoms with E-state index in [0.717, 1.165) is 4.90 Å². The number of methoxy groups -OCH3 is 1. The average Bonchev–Trinajstić information content (AvgIpc) is 3.10. The number of piperidine rings is 1. The molecule has 1 unspecified atom stereocenters. The third kappa shape index (κ3) is 3.47. The summed E-state index contributed by atoms with van der Waals surface area (Å²) in [6.07, 6.45) is -3.47. The van der Waals surface area contributed by atoms with Crippen LogP contribution in [0.25, 0.3) is 11.3 Å². The van der Waals surface area contributed by atoms with E-state index < -0.39 is 18.1 Å². The first-order chi connectivity index (χ1) is 11.9. The van der Waals surface area contributed by atoms with Crippen LogP contribution >= 0.6 is 0 Å². The molecule has 8 heteroatoms. The minimum Gasteiger partial charge on any atom is -0.496 e. The summed E-state index contributed by atoms with van der Waals surface area (Å²) in [4.78, 5) is 13.5.